The van der Waals surface area contributed by atoms with Gasteiger partial charge in [-0.3, -0.25) is 4.90 Å². The lowest BCUT2D eigenvalue weighted by Crippen LogP contribution is -2.54. The van der Waals surface area contributed by atoms with Crippen LogP contribution in [0.2, 0.25) is 0 Å². The van der Waals surface area contributed by atoms with Crippen molar-refractivity contribution in [2.24, 2.45) is 5.73 Å². The van der Waals surface area contributed by atoms with E-state index < -0.39 is 0 Å². The van der Waals surface area contributed by atoms with Crippen LogP contribution in [-0.4, -0.2) is 30.1 Å². The van der Waals surface area contributed by atoms with Crippen molar-refractivity contribution in [1.29, 1.82) is 0 Å². The number of aryl methyl sites for hydroxylation is 1. The van der Waals surface area contributed by atoms with Crippen molar-refractivity contribution in [2.75, 3.05) is 19.6 Å². The van der Waals surface area contributed by atoms with E-state index in [2.05, 4.69) is 11.8 Å². The van der Waals surface area contributed by atoms with Gasteiger partial charge in [-0.05, 0) is 63.4 Å². The first-order valence-electron chi connectivity index (χ1n) is 7.25. The maximum absolute atomic E-state index is 13.3. The number of halogens is 1. The highest BCUT2D eigenvalue weighted by molar-refractivity contribution is 5.25. The number of rotatable bonds is 4. The summed E-state index contributed by atoms with van der Waals surface area (Å²) in [6.45, 7) is 6.96. The number of piperidine rings is 1. The predicted octanol–water partition coefficient (Wildman–Crippen LogP) is 2.88. The van der Waals surface area contributed by atoms with Crippen LogP contribution in [0.15, 0.2) is 18.2 Å². The molecule has 0 spiro atoms. The lowest BCUT2D eigenvalue weighted by Gasteiger charge is -2.43. The smallest absolute Gasteiger partial charge is 0.126 e. The Kier molecular flexibility index (Phi) is 4.58. The lowest BCUT2D eigenvalue weighted by molar-refractivity contribution is 0.0870. The van der Waals surface area contributed by atoms with Gasteiger partial charge in [-0.1, -0.05) is 18.6 Å². The Balaban J connectivity index is 2.14. The summed E-state index contributed by atoms with van der Waals surface area (Å²) in [5, 5.41) is 0. The Hall–Kier alpha value is -0.930. The zero-order chi connectivity index (χ0) is 13.9. The molecule has 1 heterocycles. The highest BCUT2D eigenvalue weighted by Crippen LogP contribution is 2.25. The number of nitrogens with two attached hydrogens (primary N) is 1. The van der Waals surface area contributed by atoms with E-state index in [1.165, 1.54) is 24.8 Å². The summed E-state index contributed by atoms with van der Waals surface area (Å²) in [6.07, 6.45) is 4.74. The number of nitrogens with zero attached hydrogens (tertiary/aromatic N) is 1. The lowest BCUT2D eigenvalue weighted by atomic mass is 9.88. The maximum atomic E-state index is 13.3. The van der Waals surface area contributed by atoms with E-state index in [1.54, 1.807) is 6.07 Å². The highest BCUT2D eigenvalue weighted by atomic mass is 19.1. The quantitative estimate of drug-likeness (QED) is 0.906. The fraction of sp³-hybridized carbons (Fsp3) is 0.625. The second-order valence-corrected chi connectivity index (χ2v) is 6.01. The average Bonchev–Trinajstić information content (AvgIpc) is 2.44. The number of likely N-dealkylation sites (tertiary alicyclic amines) is 1. The van der Waals surface area contributed by atoms with Gasteiger partial charge in [-0.15, -0.1) is 0 Å². The number of hydrogen-bond donors (Lipinski definition) is 1. The van der Waals surface area contributed by atoms with Crippen LogP contribution >= 0.6 is 0 Å². The molecule has 3 heteroatoms. The SMILES string of the molecule is Cc1cc(CC(C)(CN)N2CCCCC2)ccc1F. The first-order chi connectivity index (χ1) is 9.05. The van der Waals surface area contributed by atoms with Crippen LogP contribution in [-0.2, 0) is 6.42 Å². The summed E-state index contributed by atoms with van der Waals surface area (Å²) >= 11 is 0. The second kappa shape index (κ2) is 6.02. The molecular formula is C16H25FN2. The van der Waals surface area contributed by atoms with Crippen molar-refractivity contribution < 1.29 is 4.39 Å². The summed E-state index contributed by atoms with van der Waals surface area (Å²) in [4.78, 5) is 2.51. The minimum absolute atomic E-state index is 0.00924. The molecule has 0 bridgehead atoms. The van der Waals surface area contributed by atoms with E-state index in [0.717, 1.165) is 25.1 Å². The predicted molar refractivity (Wildman–Crippen MR) is 77.7 cm³/mol. The van der Waals surface area contributed by atoms with Gasteiger partial charge in [0.2, 0.25) is 0 Å². The molecule has 1 aliphatic rings. The molecule has 0 aliphatic carbocycles. The van der Waals surface area contributed by atoms with Crippen molar-refractivity contribution >= 4 is 0 Å². The highest BCUT2D eigenvalue weighted by Gasteiger charge is 2.31. The van der Waals surface area contributed by atoms with Gasteiger partial charge < -0.3 is 5.73 Å². The van der Waals surface area contributed by atoms with Crippen molar-refractivity contribution in [2.45, 2.75) is 45.1 Å². The van der Waals surface area contributed by atoms with Crippen LogP contribution in [0.1, 0.15) is 37.3 Å². The van der Waals surface area contributed by atoms with Gasteiger partial charge in [0.25, 0.3) is 0 Å². The van der Waals surface area contributed by atoms with Crippen LogP contribution < -0.4 is 5.73 Å². The zero-order valence-electron chi connectivity index (χ0n) is 12.1. The molecule has 1 fully saturated rings. The van der Waals surface area contributed by atoms with Gasteiger partial charge in [0, 0.05) is 12.1 Å². The van der Waals surface area contributed by atoms with Crippen molar-refractivity contribution in [1.82, 2.24) is 4.90 Å². The summed E-state index contributed by atoms with van der Waals surface area (Å²) in [7, 11) is 0. The molecule has 0 radical (unpaired) electrons. The van der Waals surface area contributed by atoms with Crippen LogP contribution in [0.3, 0.4) is 0 Å². The fourth-order valence-electron chi connectivity index (χ4n) is 3.00. The molecule has 2 rings (SSSR count). The summed E-state index contributed by atoms with van der Waals surface area (Å²) in [6, 6.07) is 5.41. The monoisotopic (exact) mass is 264 g/mol. The third-order valence-electron chi connectivity index (χ3n) is 4.37. The van der Waals surface area contributed by atoms with Crippen LogP contribution in [0, 0.1) is 12.7 Å². The van der Waals surface area contributed by atoms with Gasteiger partial charge in [-0.25, -0.2) is 4.39 Å². The van der Waals surface area contributed by atoms with Gasteiger partial charge in [0.15, 0.2) is 0 Å². The molecule has 1 aromatic carbocycles. The van der Waals surface area contributed by atoms with Crippen molar-refractivity contribution in [3.05, 3.63) is 35.1 Å². The summed E-state index contributed by atoms with van der Waals surface area (Å²) in [5.41, 5.74) is 7.92. The topological polar surface area (TPSA) is 29.3 Å². The standard InChI is InChI=1S/C16H25FN2/c1-13-10-14(6-7-15(13)17)11-16(2,12-18)19-8-4-3-5-9-19/h6-7,10H,3-5,8-9,11-12,18H2,1-2H3. The Labute approximate surface area is 115 Å². The zero-order valence-corrected chi connectivity index (χ0v) is 12.1. The Morgan fingerprint density at radius 2 is 1.95 bits per heavy atom. The minimum atomic E-state index is -0.129. The summed E-state index contributed by atoms with van der Waals surface area (Å²) < 4.78 is 13.3. The Bertz CT molecular complexity index is 427. The van der Waals surface area contributed by atoms with E-state index in [1.807, 2.05) is 19.1 Å². The van der Waals surface area contributed by atoms with Crippen LogP contribution in [0.5, 0.6) is 0 Å². The molecule has 19 heavy (non-hydrogen) atoms. The average molecular weight is 264 g/mol. The van der Waals surface area contributed by atoms with Crippen molar-refractivity contribution in [3.8, 4) is 0 Å². The fourth-order valence-corrected chi connectivity index (χ4v) is 3.00. The molecule has 0 aromatic heterocycles. The third kappa shape index (κ3) is 3.34. The molecule has 2 nitrogen and oxygen atoms in total. The molecule has 106 valence electrons. The second-order valence-electron chi connectivity index (χ2n) is 6.01. The van der Waals surface area contributed by atoms with Gasteiger partial charge >= 0.3 is 0 Å². The van der Waals surface area contributed by atoms with Crippen LogP contribution in [0.4, 0.5) is 4.39 Å². The Morgan fingerprint density at radius 1 is 1.26 bits per heavy atom. The van der Waals surface area contributed by atoms with E-state index >= 15 is 0 Å². The minimum Gasteiger partial charge on any atom is -0.329 e. The number of benzene rings is 1. The third-order valence-corrected chi connectivity index (χ3v) is 4.37. The maximum Gasteiger partial charge on any atom is 0.126 e. The molecule has 2 N–H and O–H groups in total. The molecule has 1 aliphatic heterocycles. The summed E-state index contributed by atoms with van der Waals surface area (Å²) in [5.74, 6) is -0.129. The Morgan fingerprint density at radius 3 is 2.53 bits per heavy atom. The van der Waals surface area contributed by atoms with Crippen molar-refractivity contribution in [3.63, 3.8) is 0 Å². The first-order valence-corrected chi connectivity index (χ1v) is 7.25. The van der Waals surface area contributed by atoms with Gasteiger partial charge in [0.05, 0.1) is 0 Å². The van der Waals surface area contributed by atoms with E-state index in [4.69, 9.17) is 5.73 Å². The molecule has 1 atom stereocenters. The van der Waals surface area contributed by atoms with Gasteiger partial charge in [0.1, 0.15) is 5.82 Å². The van der Waals surface area contributed by atoms with E-state index in [9.17, 15) is 4.39 Å². The molecular weight excluding hydrogens is 239 g/mol. The molecule has 0 amide bonds. The van der Waals surface area contributed by atoms with E-state index in [0.29, 0.717) is 6.54 Å². The first kappa shape index (κ1) is 14.5. The largest absolute Gasteiger partial charge is 0.329 e. The molecule has 1 saturated heterocycles. The van der Waals surface area contributed by atoms with E-state index in [-0.39, 0.29) is 11.4 Å². The number of hydrogen-bond acceptors (Lipinski definition) is 2. The molecule has 1 aromatic rings. The molecule has 1 unspecified atom stereocenters. The normalized spacial score (nSPS) is 20.2. The molecule has 0 saturated carbocycles. The van der Waals surface area contributed by atoms with Gasteiger partial charge in [-0.2, -0.15) is 0 Å². The van der Waals surface area contributed by atoms with Crippen LogP contribution in [0.25, 0.3) is 0 Å².